The zero-order valence-electron chi connectivity index (χ0n) is 12.7. The quantitative estimate of drug-likeness (QED) is 0.799. The summed E-state index contributed by atoms with van der Waals surface area (Å²) >= 11 is 0. The topological polar surface area (TPSA) is 94.9 Å². The molecule has 0 spiro atoms. The van der Waals surface area contributed by atoms with Gasteiger partial charge in [-0.25, -0.2) is 9.00 Å². The largest absolute Gasteiger partial charge is 0.477 e. The van der Waals surface area contributed by atoms with Crippen LogP contribution in [0, 0.1) is 11.8 Å². The number of carbonyl (C=O) groups is 2. The highest BCUT2D eigenvalue weighted by molar-refractivity contribution is 7.89. The molecule has 5 atom stereocenters. The highest BCUT2D eigenvalue weighted by Crippen LogP contribution is 2.48. The van der Waals surface area contributed by atoms with Crippen LogP contribution >= 0.6 is 0 Å². The van der Waals surface area contributed by atoms with Gasteiger partial charge in [0, 0.05) is 10.8 Å². The number of aliphatic hydroxyl groups excluding tert-OH is 1. The van der Waals surface area contributed by atoms with E-state index in [2.05, 4.69) is 0 Å². The van der Waals surface area contributed by atoms with Crippen LogP contribution in [0.15, 0.2) is 45.8 Å². The standard InChI is InChI=1S/C16H17NO5S/c1-8-12-11(9(2)18)15(19)17(12)13(16(20)21)14(8)23(22)10-6-4-3-5-7-10/h3-9,11-12,18H,1-2H3,(H,20,21)/t8?,9-,11-,12-,23?/m1/s1. The Labute approximate surface area is 135 Å². The Morgan fingerprint density at radius 3 is 2.43 bits per heavy atom. The van der Waals surface area contributed by atoms with Crippen LogP contribution in [0.5, 0.6) is 0 Å². The van der Waals surface area contributed by atoms with Crippen molar-refractivity contribution in [2.45, 2.75) is 30.9 Å². The van der Waals surface area contributed by atoms with E-state index >= 15 is 0 Å². The van der Waals surface area contributed by atoms with E-state index in [1.165, 1.54) is 11.8 Å². The first kappa shape index (κ1) is 15.9. The summed E-state index contributed by atoms with van der Waals surface area (Å²) in [6, 6.07) is 8.12. The lowest BCUT2D eigenvalue weighted by molar-refractivity contribution is -0.163. The number of fused-ring (bicyclic) bond motifs is 1. The minimum Gasteiger partial charge on any atom is -0.477 e. The fourth-order valence-corrected chi connectivity index (χ4v) is 4.94. The van der Waals surface area contributed by atoms with E-state index in [4.69, 9.17) is 0 Å². The third-order valence-electron chi connectivity index (χ3n) is 4.47. The molecule has 3 rings (SSSR count). The molecule has 122 valence electrons. The summed E-state index contributed by atoms with van der Waals surface area (Å²) in [7, 11) is -1.66. The number of carboxylic acid groups (broad SMARTS) is 1. The smallest absolute Gasteiger partial charge is 0.353 e. The molecule has 0 saturated carbocycles. The van der Waals surface area contributed by atoms with Crippen LogP contribution in [0.3, 0.4) is 0 Å². The Morgan fingerprint density at radius 1 is 1.30 bits per heavy atom. The van der Waals surface area contributed by atoms with Gasteiger partial charge in [0.05, 0.1) is 33.8 Å². The Morgan fingerprint density at radius 2 is 1.91 bits per heavy atom. The van der Waals surface area contributed by atoms with Crippen molar-refractivity contribution in [3.8, 4) is 0 Å². The zero-order valence-corrected chi connectivity index (χ0v) is 13.5. The van der Waals surface area contributed by atoms with Crippen LogP contribution in [0.1, 0.15) is 13.8 Å². The molecule has 0 aromatic heterocycles. The number of rotatable bonds is 4. The lowest BCUT2D eigenvalue weighted by Crippen LogP contribution is -2.63. The van der Waals surface area contributed by atoms with Gasteiger partial charge < -0.3 is 15.1 Å². The number of benzene rings is 1. The summed E-state index contributed by atoms with van der Waals surface area (Å²) in [5.74, 6) is -2.73. The van der Waals surface area contributed by atoms with Gasteiger partial charge in [0.2, 0.25) is 5.91 Å². The molecule has 2 aliphatic heterocycles. The van der Waals surface area contributed by atoms with Crippen LogP contribution in [0.4, 0.5) is 0 Å². The number of carboxylic acids is 1. The van der Waals surface area contributed by atoms with Gasteiger partial charge in [-0.1, -0.05) is 25.1 Å². The predicted molar refractivity (Wildman–Crippen MR) is 82.5 cm³/mol. The monoisotopic (exact) mass is 335 g/mol. The minimum atomic E-state index is -1.66. The molecule has 1 fully saturated rings. The summed E-state index contributed by atoms with van der Waals surface area (Å²) in [6.07, 6.45) is -0.870. The molecule has 2 N–H and O–H groups in total. The fourth-order valence-electron chi connectivity index (χ4n) is 3.44. The van der Waals surface area contributed by atoms with Crippen LogP contribution in [-0.4, -0.2) is 43.3 Å². The molecule has 23 heavy (non-hydrogen) atoms. The van der Waals surface area contributed by atoms with Gasteiger partial charge in [-0.15, -0.1) is 0 Å². The number of carbonyl (C=O) groups excluding carboxylic acids is 1. The number of amides is 1. The fraction of sp³-hybridized carbons (Fsp3) is 0.375. The number of β-lactam (4-membered cyclic amide) rings is 1. The summed E-state index contributed by atoms with van der Waals surface area (Å²) < 4.78 is 12.9. The number of nitrogens with zero attached hydrogens (tertiary/aromatic N) is 1. The molecular formula is C16H17NO5S. The van der Waals surface area contributed by atoms with Gasteiger partial charge >= 0.3 is 5.97 Å². The third-order valence-corrected chi connectivity index (χ3v) is 6.13. The Balaban J connectivity index is 2.07. The summed E-state index contributed by atoms with van der Waals surface area (Å²) in [5.41, 5.74) is -0.202. The van der Waals surface area contributed by atoms with E-state index < -0.39 is 40.7 Å². The maximum atomic E-state index is 12.9. The Hall–Kier alpha value is -1.99. The van der Waals surface area contributed by atoms with E-state index in [0.29, 0.717) is 4.90 Å². The van der Waals surface area contributed by atoms with Crippen molar-refractivity contribution in [2.75, 3.05) is 0 Å². The van der Waals surface area contributed by atoms with Crippen molar-refractivity contribution >= 4 is 22.7 Å². The van der Waals surface area contributed by atoms with Gasteiger partial charge in [0.15, 0.2) is 0 Å². The average Bonchev–Trinajstić information content (AvgIpc) is 2.76. The molecule has 0 radical (unpaired) electrons. The van der Waals surface area contributed by atoms with E-state index in [0.717, 1.165) is 0 Å². The lowest BCUT2D eigenvalue weighted by atomic mass is 9.79. The van der Waals surface area contributed by atoms with Gasteiger partial charge in [0.25, 0.3) is 0 Å². The van der Waals surface area contributed by atoms with Gasteiger partial charge in [-0.05, 0) is 19.1 Å². The van der Waals surface area contributed by atoms with Crippen molar-refractivity contribution in [3.63, 3.8) is 0 Å². The van der Waals surface area contributed by atoms with E-state index in [1.807, 2.05) is 0 Å². The maximum Gasteiger partial charge on any atom is 0.353 e. The van der Waals surface area contributed by atoms with Crippen molar-refractivity contribution in [2.24, 2.45) is 11.8 Å². The number of aliphatic carboxylic acids is 1. The van der Waals surface area contributed by atoms with Crippen LogP contribution in [-0.2, 0) is 20.4 Å². The second-order valence-corrected chi connectivity index (χ2v) is 7.30. The highest BCUT2D eigenvalue weighted by Gasteiger charge is 2.60. The van der Waals surface area contributed by atoms with Crippen molar-refractivity contribution in [1.29, 1.82) is 0 Å². The molecule has 2 unspecified atom stereocenters. The van der Waals surface area contributed by atoms with Gasteiger partial charge in [-0.2, -0.15) is 0 Å². The first-order chi connectivity index (χ1) is 10.9. The highest BCUT2D eigenvalue weighted by atomic mass is 32.2. The zero-order chi connectivity index (χ0) is 16.9. The minimum absolute atomic E-state index is 0.202. The lowest BCUT2D eigenvalue weighted by Gasteiger charge is -2.46. The maximum absolute atomic E-state index is 12.9. The second-order valence-electron chi connectivity index (χ2n) is 5.85. The number of aliphatic hydroxyl groups is 1. The second kappa shape index (κ2) is 5.58. The van der Waals surface area contributed by atoms with E-state index in [1.54, 1.807) is 37.3 Å². The molecule has 0 bridgehead atoms. The normalized spacial score (nSPS) is 29.1. The Kier molecular flexibility index (Phi) is 3.85. The molecule has 1 amide bonds. The molecule has 7 heteroatoms. The molecule has 0 aliphatic carbocycles. The molecule has 1 aromatic rings. The SMILES string of the molecule is CC1C(S(=O)c2ccccc2)=C(C(=O)O)N2C(=O)[C@H]([C@@H](C)O)[C@@H]12. The molecular weight excluding hydrogens is 318 g/mol. The molecule has 2 aliphatic rings. The van der Waals surface area contributed by atoms with Crippen LogP contribution in [0.25, 0.3) is 0 Å². The first-order valence-corrected chi connectivity index (χ1v) is 8.46. The van der Waals surface area contributed by atoms with E-state index in [-0.39, 0.29) is 16.5 Å². The Bertz CT molecular complexity index is 727. The van der Waals surface area contributed by atoms with Crippen molar-refractivity contribution < 1.29 is 24.0 Å². The van der Waals surface area contributed by atoms with Gasteiger partial charge in [-0.3, -0.25) is 4.79 Å². The van der Waals surface area contributed by atoms with Crippen molar-refractivity contribution in [3.05, 3.63) is 40.9 Å². The average molecular weight is 335 g/mol. The van der Waals surface area contributed by atoms with Crippen molar-refractivity contribution in [1.82, 2.24) is 4.90 Å². The molecule has 1 saturated heterocycles. The first-order valence-electron chi connectivity index (χ1n) is 7.31. The summed E-state index contributed by atoms with van der Waals surface area (Å²) in [4.78, 5) is 25.8. The number of hydrogen-bond acceptors (Lipinski definition) is 4. The van der Waals surface area contributed by atoms with Gasteiger partial charge in [0.1, 0.15) is 5.70 Å². The van der Waals surface area contributed by atoms with Crippen LogP contribution in [0.2, 0.25) is 0 Å². The summed E-state index contributed by atoms with van der Waals surface area (Å²) in [6.45, 7) is 3.27. The molecule has 6 nitrogen and oxygen atoms in total. The van der Waals surface area contributed by atoms with Crippen LogP contribution < -0.4 is 0 Å². The molecule has 1 aromatic carbocycles. The van der Waals surface area contributed by atoms with E-state index in [9.17, 15) is 24.0 Å². The third kappa shape index (κ3) is 2.22. The number of hydrogen-bond donors (Lipinski definition) is 2. The molecule has 2 heterocycles. The predicted octanol–water partition coefficient (Wildman–Crippen LogP) is 0.948. The summed E-state index contributed by atoms with van der Waals surface area (Å²) in [5, 5.41) is 19.3.